The number of nitrogens with one attached hydrogen (secondary N) is 3. The van der Waals surface area contributed by atoms with Gasteiger partial charge < -0.3 is 15.6 Å². The molecule has 5 aromatic rings. The van der Waals surface area contributed by atoms with E-state index in [2.05, 4.69) is 34.4 Å². The Morgan fingerprint density at radius 2 is 2.00 bits per heavy atom. The topological polar surface area (TPSA) is 104 Å². The highest BCUT2D eigenvalue weighted by molar-refractivity contribution is 7.08. The Balaban J connectivity index is 1.47. The van der Waals surface area contributed by atoms with Crippen LogP contribution >= 0.6 is 11.3 Å². The number of thiophene rings is 1. The van der Waals surface area contributed by atoms with Crippen molar-refractivity contribution in [2.75, 3.05) is 0 Å². The van der Waals surface area contributed by atoms with Gasteiger partial charge in [-0.25, -0.2) is 9.97 Å². The van der Waals surface area contributed by atoms with Crippen molar-refractivity contribution in [1.29, 1.82) is 0 Å². The molecule has 0 aliphatic heterocycles. The molecule has 184 valence electrons. The van der Waals surface area contributed by atoms with E-state index in [0.717, 1.165) is 28.6 Å². The summed E-state index contributed by atoms with van der Waals surface area (Å²) in [6.45, 7) is 6.62. The molecule has 8 nitrogen and oxygen atoms in total. The number of pyridine rings is 1. The minimum absolute atomic E-state index is 0.0112. The average Bonchev–Trinajstić information content (AvgIpc) is 3.60. The third kappa shape index (κ3) is 4.74. The number of amides is 2. The summed E-state index contributed by atoms with van der Waals surface area (Å²) in [6.07, 6.45) is 4.30. The summed E-state index contributed by atoms with van der Waals surface area (Å²) in [5, 5.41) is 10.0. The summed E-state index contributed by atoms with van der Waals surface area (Å²) in [5.74, 6) is -0.00214. The first-order valence-electron chi connectivity index (χ1n) is 12.0. The number of nitrogens with zero attached hydrogens (tertiary/aromatic N) is 3. The molecule has 4 aromatic heterocycles. The second kappa shape index (κ2) is 9.94. The number of benzene rings is 1. The highest BCUT2D eigenvalue weighted by Gasteiger charge is 2.25. The zero-order valence-corrected chi connectivity index (χ0v) is 21.2. The van der Waals surface area contributed by atoms with Crippen molar-refractivity contribution in [3.05, 3.63) is 76.5 Å². The van der Waals surface area contributed by atoms with Crippen molar-refractivity contribution in [2.45, 2.75) is 39.8 Å². The Kier molecular flexibility index (Phi) is 6.56. The Morgan fingerprint density at radius 3 is 2.78 bits per heavy atom. The van der Waals surface area contributed by atoms with Gasteiger partial charge in [-0.2, -0.15) is 11.3 Å². The summed E-state index contributed by atoms with van der Waals surface area (Å²) in [4.78, 5) is 38.8. The zero-order valence-electron chi connectivity index (χ0n) is 20.4. The van der Waals surface area contributed by atoms with Crippen LogP contribution in [0, 0.1) is 5.92 Å². The highest BCUT2D eigenvalue weighted by Crippen LogP contribution is 2.28. The van der Waals surface area contributed by atoms with Crippen LogP contribution in [-0.2, 0) is 6.54 Å². The van der Waals surface area contributed by atoms with Crippen molar-refractivity contribution in [3.63, 3.8) is 0 Å². The SMILES string of the molecule is CC(C)C[C@@H](C)NC(=O)c1c(-c2ccsc2)nc2c(C(=O)NCc3ccc4nc[nH]c4c3)cccn12. The number of carbonyl (C=O) groups excluding carboxylic acids is 2. The average molecular weight is 501 g/mol. The second-order valence-corrected chi connectivity index (χ2v) is 10.2. The largest absolute Gasteiger partial charge is 0.348 e. The normalized spacial score (nSPS) is 12.3. The third-order valence-electron chi connectivity index (χ3n) is 6.04. The van der Waals surface area contributed by atoms with Crippen LogP contribution in [0.4, 0.5) is 0 Å². The Morgan fingerprint density at radius 1 is 1.14 bits per heavy atom. The molecular formula is C27H28N6O2S. The molecule has 0 unspecified atom stereocenters. The van der Waals surface area contributed by atoms with E-state index in [4.69, 9.17) is 4.98 Å². The van der Waals surface area contributed by atoms with Crippen LogP contribution in [0.25, 0.3) is 27.9 Å². The molecule has 0 aliphatic carbocycles. The lowest BCUT2D eigenvalue weighted by Gasteiger charge is -2.16. The first-order chi connectivity index (χ1) is 17.4. The lowest BCUT2D eigenvalue weighted by atomic mass is 10.0. The number of aromatic amines is 1. The number of rotatable bonds is 8. The van der Waals surface area contributed by atoms with Crippen molar-refractivity contribution in [1.82, 2.24) is 30.0 Å². The van der Waals surface area contributed by atoms with E-state index >= 15 is 0 Å². The first-order valence-corrected chi connectivity index (χ1v) is 12.9. The fraction of sp³-hybridized carbons (Fsp3) is 0.259. The van der Waals surface area contributed by atoms with Gasteiger partial charge in [0, 0.05) is 29.7 Å². The predicted octanol–water partition coefficient (Wildman–Crippen LogP) is 5.03. The van der Waals surface area contributed by atoms with Crippen molar-refractivity contribution in [3.8, 4) is 11.3 Å². The molecule has 3 N–H and O–H groups in total. The second-order valence-electron chi connectivity index (χ2n) is 9.38. The molecule has 4 heterocycles. The fourth-order valence-corrected chi connectivity index (χ4v) is 5.13. The van der Waals surface area contributed by atoms with Crippen LogP contribution < -0.4 is 10.6 Å². The molecular weight excluding hydrogens is 472 g/mol. The number of H-pyrrole nitrogens is 1. The van der Waals surface area contributed by atoms with E-state index in [0.29, 0.717) is 35.1 Å². The van der Waals surface area contributed by atoms with Crippen LogP contribution in [0.1, 0.15) is 53.6 Å². The fourth-order valence-electron chi connectivity index (χ4n) is 4.49. The highest BCUT2D eigenvalue weighted by atomic mass is 32.1. The van der Waals surface area contributed by atoms with Crippen LogP contribution in [0.15, 0.2) is 59.7 Å². The van der Waals surface area contributed by atoms with E-state index in [1.807, 2.05) is 41.9 Å². The molecule has 2 amide bonds. The summed E-state index contributed by atoms with van der Waals surface area (Å²) < 4.78 is 1.72. The van der Waals surface area contributed by atoms with Crippen molar-refractivity contribution < 1.29 is 9.59 Å². The third-order valence-corrected chi connectivity index (χ3v) is 6.73. The molecule has 0 aliphatic rings. The molecule has 0 saturated carbocycles. The molecule has 0 spiro atoms. The van der Waals surface area contributed by atoms with Crippen LogP contribution in [0.5, 0.6) is 0 Å². The molecule has 9 heteroatoms. The standard InChI is InChI=1S/C27H28N6O2S/c1-16(2)11-17(3)31-27(35)24-23(19-8-10-36-14-19)32-25-20(5-4-9-33(24)25)26(34)28-13-18-6-7-21-22(12-18)30-15-29-21/h4-10,12,14-17H,11,13H2,1-3H3,(H,28,34)(H,29,30)(H,31,35)/t17-/m1/s1. The molecule has 1 atom stereocenters. The van der Waals surface area contributed by atoms with Crippen LogP contribution in [-0.4, -0.2) is 37.2 Å². The zero-order chi connectivity index (χ0) is 25.2. The summed E-state index contributed by atoms with van der Waals surface area (Å²) in [6, 6.07) is 11.3. The molecule has 5 rings (SSSR count). The van der Waals surface area contributed by atoms with Gasteiger partial charge in [-0.3, -0.25) is 14.0 Å². The quantitative estimate of drug-likeness (QED) is 0.278. The number of hydrogen-bond donors (Lipinski definition) is 3. The summed E-state index contributed by atoms with van der Waals surface area (Å²) in [7, 11) is 0. The van der Waals surface area contributed by atoms with Gasteiger partial charge in [-0.1, -0.05) is 19.9 Å². The summed E-state index contributed by atoms with van der Waals surface area (Å²) >= 11 is 1.54. The van der Waals surface area contributed by atoms with E-state index in [1.54, 1.807) is 29.1 Å². The van der Waals surface area contributed by atoms with Gasteiger partial charge in [-0.15, -0.1) is 0 Å². The van der Waals surface area contributed by atoms with Crippen LogP contribution in [0.2, 0.25) is 0 Å². The number of hydrogen-bond acceptors (Lipinski definition) is 5. The Bertz CT molecular complexity index is 1530. The molecule has 36 heavy (non-hydrogen) atoms. The van der Waals surface area contributed by atoms with Crippen molar-refractivity contribution >= 4 is 39.8 Å². The van der Waals surface area contributed by atoms with E-state index in [9.17, 15) is 9.59 Å². The lowest BCUT2D eigenvalue weighted by Crippen LogP contribution is -2.34. The van der Waals surface area contributed by atoms with Gasteiger partial charge in [0.15, 0.2) is 5.65 Å². The van der Waals surface area contributed by atoms with Gasteiger partial charge in [0.2, 0.25) is 0 Å². The van der Waals surface area contributed by atoms with Gasteiger partial charge >= 0.3 is 0 Å². The van der Waals surface area contributed by atoms with Gasteiger partial charge in [0.1, 0.15) is 11.4 Å². The smallest absolute Gasteiger partial charge is 0.270 e. The number of fused-ring (bicyclic) bond motifs is 2. The monoisotopic (exact) mass is 500 g/mol. The van der Waals surface area contributed by atoms with Crippen molar-refractivity contribution in [2.24, 2.45) is 5.92 Å². The maximum Gasteiger partial charge on any atom is 0.270 e. The molecule has 0 fully saturated rings. The van der Waals surface area contributed by atoms with Gasteiger partial charge in [0.05, 0.1) is 22.9 Å². The minimum atomic E-state index is -0.257. The molecule has 1 aromatic carbocycles. The molecule has 0 saturated heterocycles. The van der Waals surface area contributed by atoms with E-state index < -0.39 is 0 Å². The Hall–Kier alpha value is -3.98. The van der Waals surface area contributed by atoms with E-state index in [-0.39, 0.29) is 17.9 Å². The molecule has 0 radical (unpaired) electrons. The first kappa shape index (κ1) is 23.7. The number of aromatic nitrogens is 4. The summed E-state index contributed by atoms with van der Waals surface area (Å²) in [5.41, 5.74) is 5.45. The Labute approximate surface area is 212 Å². The number of carbonyl (C=O) groups is 2. The van der Waals surface area contributed by atoms with E-state index in [1.165, 1.54) is 11.3 Å². The molecule has 0 bridgehead atoms. The maximum atomic E-state index is 13.4. The number of imidazole rings is 2. The predicted molar refractivity (Wildman–Crippen MR) is 142 cm³/mol. The lowest BCUT2D eigenvalue weighted by molar-refractivity contribution is 0.0926. The minimum Gasteiger partial charge on any atom is -0.348 e. The van der Waals surface area contributed by atoms with Crippen LogP contribution in [0.3, 0.4) is 0 Å². The maximum absolute atomic E-state index is 13.4. The van der Waals surface area contributed by atoms with Gasteiger partial charge in [-0.05, 0) is 60.5 Å². The van der Waals surface area contributed by atoms with Gasteiger partial charge in [0.25, 0.3) is 11.8 Å².